The molecule has 1 atom stereocenters. The first-order valence-corrected chi connectivity index (χ1v) is 8.76. The second-order valence-electron chi connectivity index (χ2n) is 6.61. The van der Waals surface area contributed by atoms with Crippen molar-refractivity contribution in [3.8, 4) is 0 Å². The molecule has 1 heterocycles. The normalized spacial score (nSPS) is 17.0. The monoisotopic (exact) mass is 336 g/mol. The van der Waals surface area contributed by atoms with E-state index in [1.54, 1.807) is 16.8 Å². The molecule has 2 amide bonds. The summed E-state index contributed by atoms with van der Waals surface area (Å²) in [5, 5.41) is 0. The molecule has 0 aliphatic carbocycles. The number of carbonyl (C=O) groups is 2. The fourth-order valence-corrected chi connectivity index (χ4v) is 3.28. The van der Waals surface area contributed by atoms with Crippen molar-refractivity contribution in [2.45, 2.75) is 26.3 Å². The van der Waals surface area contributed by atoms with Gasteiger partial charge in [-0.1, -0.05) is 49.4 Å². The van der Waals surface area contributed by atoms with Crippen molar-refractivity contribution in [3.05, 3.63) is 65.7 Å². The van der Waals surface area contributed by atoms with Crippen molar-refractivity contribution in [3.63, 3.8) is 0 Å². The Bertz CT molecular complexity index is 740. The van der Waals surface area contributed by atoms with Crippen LogP contribution in [-0.4, -0.2) is 30.3 Å². The van der Waals surface area contributed by atoms with Gasteiger partial charge in [-0.15, -0.1) is 0 Å². The second-order valence-corrected chi connectivity index (χ2v) is 6.61. The molecule has 0 radical (unpaired) electrons. The summed E-state index contributed by atoms with van der Waals surface area (Å²) in [5.74, 6) is -0.215. The van der Waals surface area contributed by atoms with Crippen LogP contribution < -0.4 is 4.90 Å². The topological polar surface area (TPSA) is 40.6 Å². The fourth-order valence-electron chi connectivity index (χ4n) is 3.28. The van der Waals surface area contributed by atoms with E-state index >= 15 is 0 Å². The van der Waals surface area contributed by atoms with Crippen LogP contribution in [-0.2, 0) is 22.6 Å². The Kier molecular flexibility index (Phi) is 5.17. The first-order valence-electron chi connectivity index (χ1n) is 8.76. The molecule has 4 nitrogen and oxygen atoms in total. The Morgan fingerprint density at radius 1 is 1.08 bits per heavy atom. The molecular formula is C21H24N2O2. The van der Waals surface area contributed by atoms with Crippen LogP contribution in [0.15, 0.2) is 54.6 Å². The van der Waals surface area contributed by atoms with Gasteiger partial charge in [0.1, 0.15) is 0 Å². The quantitative estimate of drug-likeness (QED) is 0.841. The van der Waals surface area contributed by atoms with Gasteiger partial charge in [0.05, 0.1) is 5.92 Å². The van der Waals surface area contributed by atoms with Crippen LogP contribution in [0, 0.1) is 5.92 Å². The predicted octanol–water partition coefficient (Wildman–Crippen LogP) is 3.26. The van der Waals surface area contributed by atoms with Crippen molar-refractivity contribution in [2.75, 3.05) is 18.5 Å². The SMILES string of the molecule is CCc1ccc(N2C[C@@H](C(=O)N(C)Cc3ccccc3)CC2=O)cc1. The molecule has 4 heteroatoms. The molecule has 3 rings (SSSR count). The average Bonchev–Trinajstić information content (AvgIpc) is 3.03. The maximum atomic E-state index is 12.7. The Hall–Kier alpha value is -2.62. The van der Waals surface area contributed by atoms with Crippen molar-refractivity contribution in [1.29, 1.82) is 0 Å². The first-order chi connectivity index (χ1) is 12.1. The third-order valence-electron chi connectivity index (χ3n) is 4.77. The third kappa shape index (κ3) is 3.90. The van der Waals surface area contributed by atoms with E-state index in [0.29, 0.717) is 13.1 Å². The highest BCUT2D eigenvalue weighted by Crippen LogP contribution is 2.26. The molecule has 0 N–H and O–H groups in total. The summed E-state index contributed by atoms with van der Waals surface area (Å²) in [6.07, 6.45) is 1.26. The van der Waals surface area contributed by atoms with Gasteiger partial charge in [0.25, 0.3) is 0 Å². The smallest absolute Gasteiger partial charge is 0.228 e. The minimum absolute atomic E-state index is 0.0238. The lowest BCUT2D eigenvalue weighted by atomic mass is 10.1. The number of benzene rings is 2. The summed E-state index contributed by atoms with van der Waals surface area (Å²) >= 11 is 0. The Labute approximate surface area is 149 Å². The van der Waals surface area contributed by atoms with Crippen LogP contribution in [0.3, 0.4) is 0 Å². The molecule has 0 unspecified atom stereocenters. The molecule has 1 fully saturated rings. The van der Waals surface area contributed by atoms with E-state index in [2.05, 4.69) is 6.92 Å². The molecule has 25 heavy (non-hydrogen) atoms. The minimum Gasteiger partial charge on any atom is -0.341 e. The summed E-state index contributed by atoms with van der Waals surface area (Å²) < 4.78 is 0. The van der Waals surface area contributed by atoms with Gasteiger partial charge in [-0.05, 0) is 29.7 Å². The lowest BCUT2D eigenvalue weighted by Crippen LogP contribution is -2.34. The average molecular weight is 336 g/mol. The second kappa shape index (κ2) is 7.51. The minimum atomic E-state index is -0.271. The fraction of sp³-hybridized carbons (Fsp3) is 0.333. The molecule has 130 valence electrons. The molecule has 1 aliphatic heterocycles. The number of amides is 2. The van der Waals surface area contributed by atoms with Crippen LogP contribution >= 0.6 is 0 Å². The molecule has 0 spiro atoms. The molecule has 0 aromatic heterocycles. The summed E-state index contributed by atoms with van der Waals surface area (Å²) in [6, 6.07) is 17.9. The van der Waals surface area contributed by atoms with E-state index in [0.717, 1.165) is 17.7 Å². The highest BCUT2D eigenvalue weighted by Gasteiger charge is 2.36. The number of rotatable bonds is 5. The van der Waals surface area contributed by atoms with Gasteiger partial charge < -0.3 is 9.80 Å². The summed E-state index contributed by atoms with van der Waals surface area (Å²) in [7, 11) is 1.80. The van der Waals surface area contributed by atoms with Crippen LogP contribution in [0.1, 0.15) is 24.5 Å². The van der Waals surface area contributed by atoms with Crippen LogP contribution in [0.5, 0.6) is 0 Å². The number of hydrogen-bond donors (Lipinski definition) is 0. The van der Waals surface area contributed by atoms with Gasteiger partial charge in [0, 0.05) is 32.2 Å². The van der Waals surface area contributed by atoms with Crippen molar-refractivity contribution < 1.29 is 9.59 Å². The zero-order valence-corrected chi connectivity index (χ0v) is 14.8. The summed E-state index contributed by atoms with van der Waals surface area (Å²) in [4.78, 5) is 28.6. The molecule has 0 saturated carbocycles. The van der Waals surface area contributed by atoms with E-state index in [1.165, 1.54) is 5.56 Å². The maximum Gasteiger partial charge on any atom is 0.228 e. The molecule has 0 bridgehead atoms. The van der Waals surface area contributed by atoms with Crippen LogP contribution in [0.25, 0.3) is 0 Å². The number of carbonyl (C=O) groups excluding carboxylic acids is 2. The largest absolute Gasteiger partial charge is 0.341 e. The highest BCUT2D eigenvalue weighted by molar-refractivity contribution is 6.00. The Morgan fingerprint density at radius 3 is 2.40 bits per heavy atom. The first kappa shape index (κ1) is 17.2. The molecular weight excluding hydrogens is 312 g/mol. The van der Waals surface area contributed by atoms with E-state index < -0.39 is 0 Å². The molecule has 1 saturated heterocycles. The zero-order chi connectivity index (χ0) is 17.8. The van der Waals surface area contributed by atoms with Gasteiger partial charge in [0.2, 0.25) is 11.8 Å². The van der Waals surface area contributed by atoms with E-state index in [4.69, 9.17) is 0 Å². The zero-order valence-electron chi connectivity index (χ0n) is 14.8. The standard InChI is InChI=1S/C21H24N2O2/c1-3-16-9-11-19(12-10-16)23-15-18(13-20(23)24)21(25)22(2)14-17-7-5-4-6-8-17/h4-12,18H,3,13-15H2,1-2H3/t18-/m0/s1. The summed E-state index contributed by atoms with van der Waals surface area (Å²) in [6.45, 7) is 3.13. The number of anilines is 1. The van der Waals surface area contributed by atoms with Gasteiger partial charge in [-0.2, -0.15) is 0 Å². The number of hydrogen-bond acceptors (Lipinski definition) is 2. The van der Waals surface area contributed by atoms with Crippen molar-refractivity contribution in [1.82, 2.24) is 4.90 Å². The van der Waals surface area contributed by atoms with E-state index in [1.807, 2.05) is 54.6 Å². The number of aryl methyl sites for hydroxylation is 1. The van der Waals surface area contributed by atoms with Crippen molar-refractivity contribution >= 4 is 17.5 Å². The van der Waals surface area contributed by atoms with E-state index in [9.17, 15) is 9.59 Å². The maximum absolute atomic E-state index is 12.7. The molecule has 2 aromatic carbocycles. The summed E-state index contributed by atoms with van der Waals surface area (Å²) in [5.41, 5.74) is 3.21. The highest BCUT2D eigenvalue weighted by atomic mass is 16.2. The van der Waals surface area contributed by atoms with Gasteiger partial charge in [-0.25, -0.2) is 0 Å². The van der Waals surface area contributed by atoms with Gasteiger partial charge in [-0.3, -0.25) is 9.59 Å². The Balaban J connectivity index is 1.65. The Morgan fingerprint density at radius 2 is 1.76 bits per heavy atom. The van der Waals surface area contributed by atoms with E-state index in [-0.39, 0.29) is 24.2 Å². The lowest BCUT2D eigenvalue weighted by molar-refractivity contribution is -0.135. The van der Waals surface area contributed by atoms with Crippen LogP contribution in [0.4, 0.5) is 5.69 Å². The van der Waals surface area contributed by atoms with Crippen LogP contribution in [0.2, 0.25) is 0 Å². The predicted molar refractivity (Wildman–Crippen MR) is 99.2 cm³/mol. The molecule has 2 aromatic rings. The third-order valence-corrected chi connectivity index (χ3v) is 4.77. The van der Waals surface area contributed by atoms with Gasteiger partial charge >= 0.3 is 0 Å². The lowest BCUT2D eigenvalue weighted by Gasteiger charge is -2.21. The number of nitrogens with zero attached hydrogens (tertiary/aromatic N) is 2. The van der Waals surface area contributed by atoms with Crippen molar-refractivity contribution in [2.24, 2.45) is 5.92 Å². The van der Waals surface area contributed by atoms with Gasteiger partial charge in [0.15, 0.2) is 0 Å². The molecule has 1 aliphatic rings.